The number of carbonyl (C=O) groups is 1. The van der Waals surface area contributed by atoms with Crippen LogP contribution in [0.5, 0.6) is 0 Å². The Morgan fingerprint density at radius 3 is 2.71 bits per heavy atom. The minimum Gasteiger partial charge on any atom is -0.478 e. The first-order chi connectivity index (χ1) is 7.97. The highest BCUT2D eigenvalue weighted by atomic mass is 35.5. The number of rotatable bonds is 5. The summed E-state index contributed by atoms with van der Waals surface area (Å²) in [4.78, 5) is 13.2. The zero-order chi connectivity index (χ0) is 13.0. The van der Waals surface area contributed by atoms with Gasteiger partial charge in [0.1, 0.15) is 0 Å². The Morgan fingerprint density at radius 1 is 1.59 bits per heavy atom. The standard InChI is InChI=1S/C13H16ClNO2/c1-4-7-15(9(2)3)12-6-5-10(14)8-11(12)13(16)17/h4-6,8-9H,1,7H2,2-3H3,(H,16,17). The predicted molar refractivity (Wildman–Crippen MR) is 71.1 cm³/mol. The molecule has 1 rings (SSSR count). The zero-order valence-corrected chi connectivity index (χ0v) is 10.7. The molecule has 1 N–H and O–H groups in total. The summed E-state index contributed by atoms with van der Waals surface area (Å²) >= 11 is 5.82. The Bertz CT molecular complexity index is 429. The maximum atomic E-state index is 11.2. The van der Waals surface area contributed by atoms with Crippen molar-refractivity contribution in [3.05, 3.63) is 41.4 Å². The molecule has 0 saturated carbocycles. The topological polar surface area (TPSA) is 40.5 Å². The number of hydrogen-bond donors (Lipinski definition) is 1. The van der Waals surface area contributed by atoms with Gasteiger partial charge in [-0.05, 0) is 32.0 Å². The highest BCUT2D eigenvalue weighted by Gasteiger charge is 2.17. The van der Waals surface area contributed by atoms with Crippen LogP contribution in [0.15, 0.2) is 30.9 Å². The van der Waals surface area contributed by atoms with Crippen molar-refractivity contribution in [1.29, 1.82) is 0 Å². The van der Waals surface area contributed by atoms with Crippen molar-refractivity contribution >= 4 is 23.3 Å². The van der Waals surface area contributed by atoms with Crippen molar-refractivity contribution in [3.8, 4) is 0 Å². The van der Waals surface area contributed by atoms with Gasteiger partial charge in [-0.15, -0.1) is 6.58 Å². The van der Waals surface area contributed by atoms with Crippen LogP contribution in [0.2, 0.25) is 5.02 Å². The Kier molecular flexibility index (Phi) is 4.58. The lowest BCUT2D eigenvalue weighted by Crippen LogP contribution is -2.32. The minimum absolute atomic E-state index is 0.187. The fraction of sp³-hybridized carbons (Fsp3) is 0.308. The summed E-state index contributed by atoms with van der Waals surface area (Å²) in [6.07, 6.45) is 1.75. The largest absolute Gasteiger partial charge is 0.478 e. The second-order valence-corrected chi connectivity index (χ2v) is 4.44. The summed E-state index contributed by atoms with van der Waals surface area (Å²) in [5.74, 6) is -0.975. The summed E-state index contributed by atoms with van der Waals surface area (Å²) in [6, 6.07) is 5.08. The quantitative estimate of drug-likeness (QED) is 0.818. The van der Waals surface area contributed by atoms with Gasteiger partial charge in [-0.25, -0.2) is 4.79 Å². The van der Waals surface area contributed by atoms with E-state index in [-0.39, 0.29) is 11.6 Å². The fourth-order valence-electron chi connectivity index (χ4n) is 1.66. The van der Waals surface area contributed by atoms with E-state index >= 15 is 0 Å². The van der Waals surface area contributed by atoms with E-state index in [0.29, 0.717) is 17.3 Å². The molecule has 4 heteroatoms. The molecule has 0 atom stereocenters. The molecule has 0 spiro atoms. The second-order valence-electron chi connectivity index (χ2n) is 4.00. The number of nitrogens with zero attached hydrogens (tertiary/aromatic N) is 1. The third-order valence-electron chi connectivity index (χ3n) is 2.45. The number of carboxylic acid groups (broad SMARTS) is 1. The summed E-state index contributed by atoms with van der Waals surface area (Å²) in [7, 11) is 0. The minimum atomic E-state index is -0.975. The monoisotopic (exact) mass is 253 g/mol. The van der Waals surface area contributed by atoms with Gasteiger partial charge in [0.2, 0.25) is 0 Å². The molecule has 0 unspecified atom stereocenters. The van der Waals surface area contributed by atoms with Gasteiger partial charge in [0.25, 0.3) is 0 Å². The third kappa shape index (κ3) is 3.24. The van der Waals surface area contributed by atoms with E-state index in [0.717, 1.165) is 0 Å². The number of aromatic carboxylic acids is 1. The van der Waals surface area contributed by atoms with Gasteiger partial charge < -0.3 is 10.0 Å². The lowest BCUT2D eigenvalue weighted by atomic mass is 10.1. The van der Waals surface area contributed by atoms with Crippen LogP contribution in [0, 0.1) is 0 Å². The van der Waals surface area contributed by atoms with Gasteiger partial charge in [-0.2, -0.15) is 0 Å². The van der Waals surface area contributed by atoms with Crippen LogP contribution in [0.4, 0.5) is 5.69 Å². The molecule has 0 amide bonds. The number of benzene rings is 1. The predicted octanol–water partition coefficient (Wildman–Crippen LogP) is 3.44. The molecule has 0 aliphatic rings. The van der Waals surface area contributed by atoms with Crippen LogP contribution < -0.4 is 4.90 Å². The Hall–Kier alpha value is -1.48. The van der Waals surface area contributed by atoms with Crippen LogP contribution in [0.25, 0.3) is 0 Å². The molecule has 17 heavy (non-hydrogen) atoms. The van der Waals surface area contributed by atoms with Crippen LogP contribution in [-0.2, 0) is 0 Å². The maximum Gasteiger partial charge on any atom is 0.337 e. The van der Waals surface area contributed by atoms with Gasteiger partial charge in [0.15, 0.2) is 0 Å². The van der Waals surface area contributed by atoms with Crippen LogP contribution in [0.3, 0.4) is 0 Å². The van der Waals surface area contributed by atoms with Gasteiger partial charge in [-0.3, -0.25) is 0 Å². The Morgan fingerprint density at radius 2 is 2.24 bits per heavy atom. The number of hydrogen-bond acceptors (Lipinski definition) is 2. The first-order valence-corrected chi connectivity index (χ1v) is 5.75. The van der Waals surface area contributed by atoms with E-state index in [4.69, 9.17) is 11.6 Å². The Labute approximate surface area is 106 Å². The molecule has 0 radical (unpaired) electrons. The summed E-state index contributed by atoms with van der Waals surface area (Å²) in [5, 5.41) is 9.60. The molecule has 0 saturated heterocycles. The molecule has 0 fully saturated rings. The molecular formula is C13H16ClNO2. The van der Waals surface area contributed by atoms with Crippen LogP contribution in [-0.4, -0.2) is 23.7 Å². The van der Waals surface area contributed by atoms with E-state index in [1.165, 1.54) is 6.07 Å². The molecule has 0 bridgehead atoms. The summed E-state index contributed by atoms with van der Waals surface area (Å²) in [5.41, 5.74) is 0.879. The molecule has 0 aliphatic carbocycles. The second kappa shape index (κ2) is 5.73. The van der Waals surface area contributed by atoms with Crippen molar-refractivity contribution in [1.82, 2.24) is 0 Å². The molecule has 0 heterocycles. The van der Waals surface area contributed by atoms with Crippen LogP contribution >= 0.6 is 11.6 Å². The first-order valence-electron chi connectivity index (χ1n) is 5.37. The summed E-state index contributed by atoms with van der Waals surface area (Å²) < 4.78 is 0. The molecule has 1 aromatic rings. The van der Waals surface area contributed by atoms with Crippen molar-refractivity contribution in [2.24, 2.45) is 0 Å². The van der Waals surface area contributed by atoms with Gasteiger partial charge in [-0.1, -0.05) is 17.7 Å². The SMILES string of the molecule is C=CCN(c1ccc(Cl)cc1C(=O)O)C(C)C. The highest BCUT2D eigenvalue weighted by Crippen LogP contribution is 2.26. The van der Waals surface area contributed by atoms with Gasteiger partial charge in [0.05, 0.1) is 11.3 Å². The molecular weight excluding hydrogens is 238 g/mol. The fourth-order valence-corrected chi connectivity index (χ4v) is 1.83. The first kappa shape index (κ1) is 13.6. The van der Waals surface area contributed by atoms with E-state index in [1.54, 1.807) is 18.2 Å². The van der Waals surface area contributed by atoms with E-state index in [2.05, 4.69) is 6.58 Å². The zero-order valence-electron chi connectivity index (χ0n) is 9.98. The lowest BCUT2D eigenvalue weighted by molar-refractivity contribution is 0.0697. The number of halogens is 1. The summed E-state index contributed by atoms with van der Waals surface area (Å²) in [6.45, 7) is 8.29. The molecule has 92 valence electrons. The van der Waals surface area contributed by atoms with Crippen molar-refractivity contribution in [2.75, 3.05) is 11.4 Å². The highest BCUT2D eigenvalue weighted by molar-refractivity contribution is 6.31. The van der Waals surface area contributed by atoms with Crippen molar-refractivity contribution < 1.29 is 9.90 Å². The number of carboxylic acids is 1. The van der Waals surface area contributed by atoms with Crippen molar-refractivity contribution in [2.45, 2.75) is 19.9 Å². The Balaban J connectivity index is 3.26. The average Bonchev–Trinajstić information content (AvgIpc) is 2.26. The molecule has 0 aliphatic heterocycles. The van der Waals surface area contributed by atoms with Crippen molar-refractivity contribution in [3.63, 3.8) is 0 Å². The van der Waals surface area contributed by atoms with Gasteiger partial charge in [0, 0.05) is 17.6 Å². The lowest BCUT2D eigenvalue weighted by Gasteiger charge is -2.29. The molecule has 3 nitrogen and oxygen atoms in total. The maximum absolute atomic E-state index is 11.2. The third-order valence-corrected chi connectivity index (χ3v) is 2.68. The van der Waals surface area contributed by atoms with E-state index in [1.807, 2.05) is 18.7 Å². The van der Waals surface area contributed by atoms with E-state index in [9.17, 15) is 9.90 Å². The molecule has 1 aromatic carbocycles. The van der Waals surface area contributed by atoms with Gasteiger partial charge >= 0.3 is 5.97 Å². The smallest absolute Gasteiger partial charge is 0.337 e. The van der Waals surface area contributed by atoms with Crippen LogP contribution in [0.1, 0.15) is 24.2 Å². The number of anilines is 1. The average molecular weight is 254 g/mol. The normalized spacial score (nSPS) is 10.4. The molecule has 0 aromatic heterocycles. The van der Waals surface area contributed by atoms with E-state index < -0.39 is 5.97 Å².